The number of hydrogen-bond donors (Lipinski definition) is 1. The second-order valence-corrected chi connectivity index (χ2v) is 5.09. The molecule has 2 aliphatic rings. The minimum Gasteiger partial charge on any atom is -0.377 e. The van der Waals surface area contributed by atoms with Gasteiger partial charge in [-0.1, -0.05) is 0 Å². The van der Waals surface area contributed by atoms with Crippen LogP contribution in [0.4, 0.5) is 18.9 Å². The summed E-state index contributed by atoms with van der Waals surface area (Å²) in [5.74, 6) is -1.49. The molecule has 0 bridgehead atoms. The van der Waals surface area contributed by atoms with Gasteiger partial charge in [0.25, 0.3) is 0 Å². The Morgan fingerprint density at radius 1 is 0.941 bits per heavy atom. The van der Waals surface area contributed by atoms with Gasteiger partial charge < -0.3 is 5.32 Å². The Labute approximate surface area is 98.0 Å². The zero-order valence-corrected chi connectivity index (χ0v) is 9.35. The Hall–Kier alpha value is -1.19. The first-order valence-corrected chi connectivity index (χ1v) is 6.06. The van der Waals surface area contributed by atoms with Crippen molar-refractivity contribution in [1.82, 2.24) is 0 Å². The molecule has 0 amide bonds. The Morgan fingerprint density at radius 3 is 1.82 bits per heavy atom. The van der Waals surface area contributed by atoms with Crippen LogP contribution in [0.25, 0.3) is 0 Å². The lowest BCUT2D eigenvalue weighted by Crippen LogP contribution is -2.25. The zero-order valence-electron chi connectivity index (χ0n) is 9.35. The van der Waals surface area contributed by atoms with Crippen LogP contribution >= 0.6 is 0 Å². The molecule has 1 aromatic rings. The van der Waals surface area contributed by atoms with Crippen molar-refractivity contribution in [2.45, 2.75) is 31.7 Å². The van der Waals surface area contributed by atoms with Gasteiger partial charge in [-0.2, -0.15) is 0 Å². The summed E-state index contributed by atoms with van der Waals surface area (Å²) in [5.41, 5.74) is -0.171. The molecule has 0 aliphatic heterocycles. The molecule has 1 nitrogen and oxygen atoms in total. The number of benzene rings is 1. The van der Waals surface area contributed by atoms with E-state index in [1.807, 2.05) is 0 Å². The standard InChI is InChI=1S/C13H14F3N/c14-9-5-10(15)13(11(16)6-9)17-12(7-1-2-7)8-3-4-8/h5-8,12,17H,1-4H2. The van der Waals surface area contributed by atoms with E-state index < -0.39 is 17.5 Å². The summed E-state index contributed by atoms with van der Waals surface area (Å²) in [6.07, 6.45) is 4.49. The quantitative estimate of drug-likeness (QED) is 0.847. The fourth-order valence-corrected chi connectivity index (χ4v) is 2.38. The van der Waals surface area contributed by atoms with Gasteiger partial charge >= 0.3 is 0 Å². The molecule has 2 fully saturated rings. The van der Waals surface area contributed by atoms with Crippen LogP contribution in [-0.2, 0) is 0 Å². The van der Waals surface area contributed by atoms with Crippen LogP contribution in [0.15, 0.2) is 12.1 Å². The van der Waals surface area contributed by atoms with Crippen molar-refractivity contribution in [3.8, 4) is 0 Å². The van der Waals surface area contributed by atoms with E-state index in [4.69, 9.17) is 0 Å². The molecule has 0 aromatic heterocycles. The predicted molar refractivity (Wildman–Crippen MR) is 59.2 cm³/mol. The molecule has 4 heteroatoms. The van der Waals surface area contributed by atoms with Gasteiger partial charge in [0.1, 0.15) is 11.5 Å². The lowest BCUT2D eigenvalue weighted by molar-refractivity contribution is 0.525. The Bertz CT molecular complexity index is 403. The summed E-state index contributed by atoms with van der Waals surface area (Å²) in [6.45, 7) is 0. The summed E-state index contributed by atoms with van der Waals surface area (Å²) in [6, 6.07) is 1.61. The fraction of sp³-hybridized carbons (Fsp3) is 0.538. The first-order valence-electron chi connectivity index (χ1n) is 6.06. The number of hydrogen-bond acceptors (Lipinski definition) is 1. The van der Waals surface area contributed by atoms with Crippen LogP contribution in [0.3, 0.4) is 0 Å². The second-order valence-electron chi connectivity index (χ2n) is 5.09. The molecular weight excluding hydrogens is 227 g/mol. The molecule has 92 valence electrons. The maximum atomic E-state index is 13.5. The van der Waals surface area contributed by atoms with E-state index in [2.05, 4.69) is 5.32 Å². The average Bonchev–Trinajstić information content (AvgIpc) is 3.12. The summed E-state index contributed by atoms with van der Waals surface area (Å²) in [7, 11) is 0. The van der Waals surface area contributed by atoms with Crippen molar-refractivity contribution in [2.75, 3.05) is 5.32 Å². The van der Waals surface area contributed by atoms with Crippen LogP contribution in [0.1, 0.15) is 25.7 Å². The van der Waals surface area contributed by atoms with Gasteiger partial charge in [-0.25, -0.2) is 13.2 Å². The number of halogens is 3. The van der Waals surface area contributed by atoms with E-state index in [1.165, 1.54) is 0 Å². The van der Waals surface area contributed by atoms with E-state index in [1.54, 1.807) is 0 Å². The molecule has 0 heterocycles. The average molecular weight is 241 g/mol. The van der Waals surface area contributed by atoms with Crippen LogP contribution in [-0.4, -0.2) is 6.04 Å². The molecule has 1 N–H and O–H groups in total. The molecule has 2 aliphatic carbocycles. The monoisotopic (exact) mass is 241 g/mol. The minimum absolute atomic E-state index is 0.157. The van der Waals surface area contributed by atoms with Crippen molar-refractivity contribution in [1.29, 1.82) is 0 Å². The third-order valence-corrected chi connectivity index (χ3v) is 3.58. The lowest BCUT2D eigenvalue weighted by Gasteiger charge is -2.19. The van der Waals surface area contributed by atoms with Crippen LogP contribution in [0.5, 0.6) is 0 Å². The highest BCUT2D eigenvalue weighted by Gasteiger charge is 2.42. The summed E-state index contributed by atoms with van der Waals surface area (Å²) in [4.78, 5) is 0. The molecule has 0 radical (unpaired) electrons. The van der Waals surface area contributed by atoms with Crippen molar-refractivity contribution >= 4 is 5.69 Å². The van der Waals surface area contributed by atoms with Crippen molar-refractivity contribution in [3.63, 3.8) is 0 Å². The van der Waals surface area contributed by atoms with Gasteiger partial charge in [-0.15, -0.1) is 0 Å². The first-order chi connectivity index (χ1) is 8.15. The normalized spacial score (nSPS) is 19.8. The van der Waals surface area contributed by atoms with Crippen molar-refractivity contribution in [3.05, 3.63) is 29.6 Å². The molecule has 0 spiro atoms. The number of nitrogens with one attached hydrogen (secondary N) is 1. The van der Waals surface area contributed by atoms with Crippen LogP contribution in [0.2, 0.25) is 0 Å². The maximum absolute atomic E-state index is 13.5. The Balaban J connectivity index is 1.83. The van der Waals surface area contributed by atoms with Gasteiger partial charge in [-0.3, -0.25) is 0 Å². The van der Waals surface area contributed by atoms with E-state index in [-0.39, 0.29) is 11.7 Å². The van der Waals surface area contributed by atoms with E-state index in [9.17, 15) is 13.2 Å². The second kappa shape index (κ2) is 3.93. The molecular formula is C13H14F3N. The maximum Gasteiger partial charge on any atom is 0.152 e. The Morgan fingerprint density at radius 2 is 1.41 bits per heavy atom. The van der Waals surface area contributed by atoms with E-state index in [0.717, 1.165) is 37.8 Å². The summed E-state index contributed by atoms with van der Waals surface area (Å²) < 4.78 is 39.8. The third kappa shape index (κ3) is 2.26. The predicted octanol–water partition coefficient (Wildman–Crippen LogP) is 3.70. The fourth-order valence-electron chi connectivity index (χ4n) is 2.38. The molecule has 0 saturated heterocycles. The zero-order chi connectivity index (χ0) is 12.0. The Kier molecular flexibility index (Phi) is 2.53. The minimum atomic E-state index is -0.875. The van der Waals surface area contributed by atoms with Crippen molar-refractivity contribution < 1.29 is 13.2 Å². The molecule has 17 heavy (non-hydrogen) atoms. The molecule has 3 rings (SSSR count). The van der Waals surface area contributed by atoms with E-state index in [0.29, 0.717) is 11.8 Å². The highest BCUT2D eigenvalue weighted by molar-refractivity contribution is 5.48. The summed E-state index contributed by atoms with van der Waals surface area (Å²) >= 11 is 0. The first kappa shape index (κ1) is 10.9. The number of rotatable bonds is 4. The summed E-state index contributed by atoms with van der Waals surface area (Å²) in [5, 5.41) is 2.95. The highest BCUT2D eigenvalue weighted by Crippen LogP contribution is 2.46. The molecule has 0 atom stereocenters. The largest absolute Gasteiger partial charge is 0.377 e. The topological polar surface area (TPSA) is 12.0 Å². The lowest BCUT2D eigenvalue weighted by atomic mass is 10.1. The molecule has 1 aromatic carbocycles. The van der Waals surface area contributed by atoms with Gasteiger partial charge in [0.2, 0.25) is 0 Å². The van der Waals surface area contributed by atoms with Crippen LogP contribution < -0.4 is 5.32 Å². The SMILES string of the molecule is Fc1cc(F)c(NC(C2CC2)C2CC2)c(F)c1. The van der Waals surface area contributed by atoms with E-state index >= 15 is 0 Å². The molecule has 2 saturated carbocycles. The number of anilines is 1. The van der Waals surface area contributed by atoms with Gasteiger partial charge in [0, 0.05) is 18.2 Å². The smallest absolute Gasteiger partial charge is 0.152 e. The van der Waals surface area contributed by atoms with Gasteiger partial charge in [0.05, 0.1) is 0 Å². The highest BCUT2D eigenvalue weighted by atomic mass is 19.1. The van der Waals surface area contributed by atoms with Gasteiger partial charge in [-0.05, 0) is 37.5 Å². The van der Waals surface area contributed by atoms with Crippen LogP contribution in [0, 0.1) is 29.3 Å². The van der Waals surface area contributed by atoms with Crippen molar-refractivity contribution in [2.24, 2.45) is 11.8 Å². The third-order valence-electron chi connectivity index (χ3n) is 3.58. The van der Waals surface area contributed by atoms with Gasteiger partial charge in [0.15, 0.2) is 11.6 Å². The molecule has 0 unspecified atom stereocenters.